The fraction of sp³-hybridized carbons (Fsp3) is 0.400. The number of carbonyl (C=O) groups is 1. The lowest BCUT2D eigenvalue weighted by molar-refractivity contribution is -0.0958. The third-order valence-electron chi connectivity index (χ3n) is 6.26. The summed E-state index contributed by atoms with van der Waals surface area (Å²) in [5, 5.41) is 3.13. The lowest BCUT2D eigenvalue weighted by Crippen LogP contribution is -2.76. The topological polar surface area (TPSA) is 102 Å². The minimum Gasteiger partial charge on any atom is -0.440 e. The van der Waals surface area contributed by atoms with Crippen molar-refractivity contribution in [3.63, 3.8) is 0 Å². The average molecular weight is 433 g/mol. The highest BCUT2D eigenvalue weighted by Gasteiger charge is 2.71. The summed E-state index contributed by atoms with van der Waals surface area (Å²) < 4.78 is 35.7. The van der Waals surface area contributed by atoms with Crippen molar-refractivity contribution in [1.82, 2.24) is 10.3 Å². The standard InChI is InChI=1S/C20H17ClN2O5S/c21-11-1-4-14-13(7-11)22-18(28-14)19-8-20(9-19,10-19)23-17(24)15-5-6-16(27-15)29(25,26)12-2-3-12/h1,4-7,12H,2-3,8-10H2,(H,23,24). The predicted octanol–water partition coefficient (Wildman–Crippen LogP) is 3.61. The van der Waals surface area contributed by atoms with Crippen molar-refractivity contribution in [2.24, 2.45) is 0 Å². The Morgan fingerprint density at radius 1 is 1.14 bits per heavy atom. The van der Waals surface area contributed by atoms with E-state index in [-0.39, 0.29) is 33.0 Å². The fourth-order valence-corrected chi connectivity index (χ4v) is 6.43. The lowest BCUT2D eigenvalue weighted by atomic mass is 9.39. The van der Waals surface area contributed by atoms with Gasteiger partial charge in [0, 0.05) is 10.6 Å². The molecule has 2 heterocycles. The highest BCUT2D eigenvalue weighted by atomic mass is 35.5. The van der Waals surface area contributed by atoms with Crippen LogP contribution < -0.4 is 5.32 Å². The van der Waals surface area contributed by atoms with E-state index in [1.54, 1.807) is 18.2 Å². The Bertz CT molecular complexity index is 1270. The molecule has 0 saturated heterocycles. The maximum Gasteiger partial charge on any atom is 0.287 e. The maximum atomic E-state index is 12.6. The summed E-state index contributed by atoms with van der Waals surface area (Å²) in [5.41, 5.74) is 0.975. The summed E-state index contributed by atoms with van der Waals surface area (Å²) in [7, 11) is -3.44. The SMILES string of the molecule is O=C(NC12CC(c3nc4cc(Cl)ccc4o3)(C1)C2)c1ccc(S(=O)(=O)C2CC2)o1. The highest BCUT2D eigenvalue weighted by molar-refractivity contribution is 7.92. The largest absolute Gasteiger partial charge is 0.440 e. The van der Waals surface area contributed by atoms with E-state index in [9.17, 15) is 13.2 Å². The Kier molecular flexibility index (Phi) is 3.28. The second-order valence-corrected chi connectivity index (χ2v) is 11.1. The number of aromatic nitrogens is 1. The number of nitrogens with one attached hydrogen (secondary N) is 1. The van der Waals surface area contributed by atoms with Gasteiger partial charge in [-0.15, -0.1) is 0 Å². The van der Waals surface area contributed by atoms with Gasteiger partial charge in [-0.25, -0.2) is 13.4 Å². The van der Waals surface area contributed by atoms with Crippen molar-refractivity contribution in [2.75, 3.05) is 0 Å². The van der Waals surface area contributed by atoms with Crippen molar-refractivity contribution in [3.8, 4) is 0 Å². The van der Waals surface area contributed by atoms with Gasteiger partial charge in [-0.1, -0.05) is 11.6 Å². The van der Waals surface area contributed by atoms with Crippen LogP contribution in [0, 0.1) is 0 Å². The number of furan rings is 1. The van der Waals surface area contributed by atoms with E-state index in [2.05, 4.69) is 10.3 Å². The van der Waals surface area contributed by atoms with Gasteiger partial charge in [0.25, 0.3) is 5.91 Å². The highest BCUT2D eigenvalue weighted by Crippen LogP contribution is 2.67. The molecule has 4 fully saturated rings. The number of sulfone groups is 1. The van der Waals surface area contributed by atoms with E-state index in [0.29, 0.717) is 29.3 Å². The molecule has 1 N–H and O–H groups in total. The summed E-state index contributed by atoms with van der Waals surface area (Å²) in [6.07, 6.45) is 3.51. The van der Waals surface area contributed by atoms with Crippen LogP contribution in [0.2, 0.25) is 5.02 Å². The number of oxazole rings is 1. The van der Waals surface area contributed by atoms with Crippen LogP contribution in [-0.2, 0) is 15.3 Å². The smallest absolute Gasteiger partial charge is 0.287 e. The number of carbonyl (C=O) groups excluding carboxylic acids is 1. The molecule has 9 heteroatoms. The molecule has 2 aromatic heterocycles. The number of fused-ring (bicyclic) bond motifs is 1. The van der Waals surface area contributed by atoms with Crippen molar-refractivity contribution < 1.29 is 22.0 Å². The normalized spacial score (nSPS) is 28.0. The summed E-state index contributed by atoms with van der Waals surface area (Å²) in [6, 6.07) is 8.15. The Labute approximate surface area is 171 Å². The first-order chi connectivity index (χ1) is 13.8. The van der Waals surface area contributed by atoms with Gasteiger partial charge in [0.15, 0.2) is 11.3 Å². The molecule has 150 valence electrons. The molecule has 0 radical (unpaired) electrons. The molecule has 29 heavy (non-hydrogen) atoms. The Morgan fingerprint density at radius 2 is 1.90 bits per heavy atom. The minimum atomic E-state index is -3.44. The zero-order chi connectivity index (χ0) is 20.0. The predicted molar refractivity (Wildman–Crippen MR) is 104 cm³/mol. The van der Waals surface area contributed by atoms with E-state index in [0.717, 1.165) is 24.8 Å². The number of benzene rings is 1. The third-order valence-corrected chi connectivity index (χ3v) is 8.63. The minimum absolute atomic E-state index is 0.0273. The van der Waals surface area contributed by atoms with Gasteiger partial charge in [0.05, 0.1) is 10.7 Å². The molecule has 0 unspecified atom stereocenters. The molecule has 4 aliphatic carbocycles. The van der Waals surface area contributed by atoms with Crippen LogP contribution >= 0.6 is 11.6 Å². The van der Waals surface area contributed by atoms with Crippen molar-refractivity contribution in [2.45, 2.75) is 53.4 Å². The van der Waals surface area contributed by atoms with Gasteiger partial charge in [-0.05, 0) is 62.4 Å². The number of amides is 1. The number of nitrogens with zero attached hydrogens (tertiary/aromatic N) is 1. The maximum absolute atomic E-state index is 12.6. The monoisotopic (exact) mass is 432 g/mol. The van der Waals surface area contributed by atoms with Crippen LogP contribution in [-0.4, -0.2) is 30.1 Å². The van der Waals surface area contributed by atoms with Crippen LogP contribution in [0.1, 0.15) is 48.5 Å². The molecular formula is C20H17ClN2O5S. The molecule has 4 saturated carbocycles. The summed E-state index contributed by atoms with van der Waals surface area (Å²) in [5.74, 6) is 0.320. The molecule has 3 aromatic rings. The molecule has 2 bridgehead atoms. The van der Waals surface area contributed by atoms with Gasteiger partial charge in [-0.3, -0.25) is 4.79 Å². The molecule has 1 aromatic carbocycles. The first kappa shape index (κ1) is 17.5. The molecule has 7 rings (SSSR count). The second-order valence-electron chi connectivity index (χ2n) is 8.54. The van der Waals surface area contributed by atoms with Gasteiger partial charge < -0.3 is 14.2 Å². The fourth-order valence-electron chi connectivity index (χ4n) is 4.71. The van der Waals surface area contributed by atoms with Crippen molar-refractivity contribution >= 4 is 38.4 Å². The van der Waals surface area contributed by atoms with E-state index in [1.165, 1.54) is 12.1 Å². The number of hydrogen-bond donors (Lipinski definition) is 1. The van der Waals surface area contributed by atoms with E-state index < -0.39 is 9.84 Å². The third kappa shape index (κ3) is 2.51. The molecule has 1 amide bonds. The Hall–Kier alpha value is -2.32. The summed E-state index contributed by atoms with van der Waals surface area (Å²) >= 11 is 6.01. The van der Waals surface area contributed by atoms with Gasteiger partial charge in [0.2, 0.25) is 20.8 Å². The van der Waals surface area contributed by atoms with E-state index in [4.69, 9.17) is 20.4 Å². The number of hydrogen-bond acceptors (Lipinski definition) is 6. The van der Waals surface area contributed by atoms with Crippen LogP contribution in [0.15, 0.2) is 44.3 Å². The Balaban J connectivity index is 1.16. The zero-order valence-corrected chi connectivity index (χ0v) is 16.8. The molecule has 0 spiro atoms. The van der Waals surface area contributed by atoms with Crippen LogP contribution in [0.4, 0.5) is 0 Å². The summed E-state index contributed by atoms with van der Waals surface area (Å²) in [6.45, 7) is 0. The van der Waals surface area contributed by atoms with Crippen LogP contribution in [0.3, 0.4) is 0 Å². The van der Waals surface area contributed by atoms with Crippen molar-refractivity contribution in [3.05, 3.63) is 47.0 Å². The van der Waals surface area contributed by atoms with Gasteiger partial charge >= 0.3 is 0 Å². The first-order valence-electron chi connectivity index (χ1n) is 9.52. The molecule has 4 aliphatic rings. The first-order valence-corrected chi connectivity index (χ1v) is 11.4. The molecular weight excluding hydrogens is 416 g/mol. The molecule has 0 atom stereocenters. The average Bonchev–Trinajstić information content (AvgIpc) is 3.21. The molecule has 0 aliphatic heterocycles. The lowest BCUT2D eigenvalue weighted by Gasteiger charge is -2.68. The quantitative estimate of drug-likeness (QED) is 0.660. The van der Waals surface area contributed by atoms with Crippen molar-refractivity contribution in [1.29, 1.82) is 0 Å². The van der Waals surface area contributed by atoms with E-state index in [1.807, 2.05) is 0 Å². The zero-order valence-electron chi connectivity index (χ0n) is 15.3. The number of rotatable bonds is 5. The van der Waals surface area contributed by atoms with E-state index >= 15 is 0 Å². The number of halogens is 1. The Morgan fingerprint density at radius 3 is 2.62 bits per heavy atom. The molecule has 7 nitrogen and oxygen atoms in total. The second kappa shape index (κ2) is 5.43. The summed E-state index contributed by atoms with van der Waals surface area (Å²) in [4.78, 5) is 17.1. The van der Waals surface area contributed by atoms with Crippen LogP contribution in [0.25, 0.3) is 11.1 Å². The van der Waals surface area contributed by atoms with Gasteiger partial charge in [0.1, 0.15) is 5.52 Å². The van der Waals surface area contributed by atoms with Crippen LogP contribution in [0.5, 0.6) is 0 Å². The van der Waals surface area contributed by atoms with Gasteiger partial charge in [-0.2, -0.15) is 0 Å².